The molecule has 6 nitrogen and oxygen atoms in total. The molecule has 0 saturated heterocycles. The lowest BCUT2D eigenvalue weighted by Crippen LogP contribution is -2.37. The van der Waals surface area contributed by atoms with Crippen molar-refractivity contribution < 1.29 is 9.59 Å². The van der Waals surface area contributed by atoms with E-state index in [1.165, 1.54) is 11.3 Å². The van der Waals surface area contributed by atoms with Crippen LogP contribution in [-0.2, 0) is 11.3 Å². The Hall–Kier alpha value is -4.49. The normalized spacial score (nSPS) is 10.7. The number of nitrogens with zero attached hydrogens (tertiary/aromatic N) is 3. The van der Waals surface area contributed by atoms with Crippen LogP contribution in [0.1, 0.15) is 20.8 Å². The zero-order valence-electron chi connectivity index (χ0n) is 20.4. The fourth-order valence-corrected chi connectivity index (χ4v) is 4.71. The highest BCUT2D eigenvalue weighted by molar-refractivity contribution is 7.12. The summed E-state index contributed by atoms with van der Waals surface area (Å²) < 4.78 is 1.86. The number of rotatable bonds is 8. The molecule has 184 valence electrons. The zero-order valence-corrected chi connectivity index (χ0v) is 21.2. The molecule has 0 spiro atoms. The van der Waals surface area contributed by atoms with Gasteiger partial charge in [-0.05, 0) is 36.1 Å². The summed E-state index contributed by atoms with van der Waals surface area (Å²) in [5.74, 6) is -0.101. The van der Waals surface area contributed by atoms with Crippen molar-refractivity contribution >= 4 is 29.1 Å². The van der Waals surface area contributed by atoms with E-state index in [2.05, 4.69) is 5.32 Å². The summed E-state index contributed by atoms with van der Waals surface area (Å²) in [5.41, 5.74) is 4.66. The first kappa shape index (κ1) is 24.2. The molecule has 7 heteroatoms. The van der Waals surface area contributed by atoms with Crippen LogP contribution in [0.5, 0.6) is 0 Å². The predicted molar refractivity (Wildman–Crippen MR) is 148 cm³/mol. The second kappa shape index (κ2) is 11.1. The Labute approximate surface area is 219 Å². The van der Waals surface area contributed by atoms with Gasteiger partial charge in [0.05, 0.1) is 10.6 Å². The molecule has 5 rings (SSSR count). The monoisotopic (exact) mass is 506 g/mol. The van der Waals surface area contributed by atoms with E-state index in [1.807, 2.05) is 114 Å². The Morgan fingerprint density at radius 2 is 1.59 bits per heavy atom. The van der Waals surface area contributed by atoms with E-state index in [-0.39, 0.29) is 18.4 Å². The van der Waals surface area contributed by atoms with Gasteiger partial charge < -0.3 is 4.90 Å². The maximum atomic E-state index is 13.3. The second-order valence-electron chi connectivity index (χ2n) is 8.69. The van der Waals surface area contributed by atoms with Crippen molar-refractivity contribution in [1.29, 1.82) is 0 Å². The molecule has 0 fully saturated rings. The summed E-state index contributed by atoms with van der Waals surface area (Å²) in [5, 5.41) is 4.81. The number of aromatic nitrogens is 2. The molecular formula is C30H26N4O2S. The third-order valence-corrected chi connectivity index (χ3v) is 6.77. The maximum Gasteiger partial charge on any atom is 0.264 e. The van der Waals surface area contributed by atoms with Crippen LogP contribution in [0.4, 0.5) is 5.95 Å². The Morgan fingerprint density at radius 3 is 2.27 bits per heavy atom. The highest BCUT2D eigenvalue weighted by Crippen LogP contribution is 2.25. The van der Waals surface area contributed by atoms with Crippen molar-refractivity contribution in [3.63, 3.8) is 0 Å². The van der Waals surface area contributed by atoms with Gasteiger partial charge in [-0.1, -0.05) is 84.4 Å². The number of benzene rings is 3. The SMILES string of the molecule is Cc1ccc(-n2cc(-c3ccccc3)nc2NC(=O)CN(Cc2ccccc2)C(=O)c2cccs2)cc1. The van der Waals surface area contributed by atoms with Crippen molar-refractivity contribution in [2.45, 2.75) is 13.5 Å². The fraction of sp³-hybridized carbons (Fsp3) is 0.100. The first-order chi connectivity index (χ1) is 18.1. The van der Waals surface area contributed by atoms with Gasteiger partial charge in [-0.15, -0.1) is 11.3 Å². The van der Waals surface area contributed by atoms with Gasteiger partial charge in [0.1, 0.15) is 6.54 Å². The molecule has 0 aliphatic heterocycles. The van der Waals surface area contributed by atoms with Crippen LogP contribution in [0, 0.1) is 6.92 Å². The highest BCUT2D eigenvalue weighted by Gasteiger charge is 2.22. The van der Waals surface area contributed by atoms with Crippen molar-refractivity contribution in [2.75, 3.05) is 11.9 Å². The van der Waals surface area contributed by atoms with Gasteiger partial charge in [-0.2, -0.15) is 0 Å². The predicted octanol–water partition coefficient (Wildman–Crippen LogP) is 6.19. The van der Waals surface area contributed by atoms with Crippen LogP contribution >= 0.6 is 11.3 Å². The number of imidazole rings is 1. The molecule has 5 aromatic rings. The summed E-state index contributed by atoms with van der Waals surface area (Å²) >= 11 is 1.36. The number of aryl methyl sites for hydroxylation is 1. The van der Waals surface area contributed by atoms with Gasteiger partial charge in [0.25, 0.3) is 5.91 Å². The average Bonchev–Trinajstić information content (AvgIpc) is 3.60. The molecular weight excluding hydrogens is 480 g/mol. The van der Waals surface area contributed by atoms with Crippen LogP contribution in [0.2, 0.25) is 0 Å². The van der Waals surface area contributed by atoms with Crippen LogP contribution in [0.3, 0.4) is 0 Å². The number of hydrogen-bond acceptors (Lipinski definition) is 4. The second-order valence-corrected chi connectivity index (χ2v) is 9.64. The van der Waals surface area contributed by atoms with Crippen molar-refractivity contribution in [3.8, 4) is 16.9 Å². The summed E-state index contributed by atoms with van der Waals surface area (Å²) in [7, 11) is 0. The largest absolute Gasteiger partial charge is 0.324 e. The minimum atomic E-state index is -0.320. The topological polar surface area (TPSA) is 67.2 Å². The van der Waals surface area contributed by atoms with Crippen LogP contribution in [0.25, 0.3) is 16.9 Å². The van der Waals surface area contributed by atoms with E-state index >= 15 is 0 Å². The Bertz CT molecular complexity index is 1480. The van der Waals surface area contributed by atoms with Crippen molar-refractivity contribution in [1.82, 2.24) is 14.5 Å². The molecule has 0 aliphatic rings. The van der Waals surface area contributed by atoms with Crippen LogP contribution in [0.15, 0.2) is 109 Å². The molecule has 0 bridgehead atoms. The number of hydrogen-bond donors (Lipinski definition) is 1. The van der Waals surface area contributed by atoms with Gasteiger partial charge in [-0.25, -0.2) is 4.98 Å². The molecule has 2 heterocycles. The van der Waals surface area contributed by atoms with E-state index in [9.17, 15) is 9.59 Å². The van der Waals surface area contributed by atoms with Crippen molar-refractivity contribution in [2.24, 2.45) is 0 Å². The number of amides is 2. The van der Waals surface area contributed by atoms with Gasteiger partial charge >= 0.3 is 0 Å². The molecule has 1 N–H and O–H groups in total. The molecule has 0 radical (unpaired) electrons. The molecule has 0 saturated carbocycles. The smallest absolute Gasteiger partial charge is 0.264 e. The van der Waals surface area contributed by atoms with E-state index in [4.69, 9.17) is 4.98 Å². The Balaban J connectivity index is 1.42. The number of thiophene rings is 1. The number of carbonyl (C=O) groups excluding carboxylic acids is 2. The molecule has 0 aliphatic carbocycles. The van der Waals surface area contributed by atoms with E-state index in [0.717, 1.165) is 28.1 Å². The summed E-state index contributed by atoms with van der Waals surface area (Å²) in [6.07, 6.45) is 1.91. The van der Waals surface area contributed by atoms with Crippen molar-refractivity contribution in [3.05, 3.63) is 125 Å². The lowest BCUT2D eigenvalue weighted by atomic mass is 10.2. The van der Waals surface area contributed by atoms with Gasteiger partial charge in [0, 0.05) is 24.0 Å². The standard InChI is InChI=1S/C30H26N4O2S/c1-22-14-16-25(17-15-22)34-20-26(24-11-6-3-7-12-24)31-30(34)32-28(35)21-33(19-23-9-4-2-5-10-23)29(36)27-13-8-18-37-27/h2-18,20H,19,21H2,1H3,(H,31,32,35). The maximum absolute atomic E-state index is 13.3. The molecule has 0 atom stereocenters. The third kappa shape index (κ3) is 5.85. The third-order valence-electron chi connectivity index (χ3n) is 5.91. The number of anilines is 1. The minimum absolute atomic E-state index is 0.104. The van der Waals surface area contributed by atoms with E-state index < -0.39 is 0 Å². The lowest BCUT2D eigenvalue weighted by Gasteiger charge is -2.22. The summed E-state index contributed by atoms with van der Waals surface area (Å²) in [6, 6.07) is 31.1. The summed E-state index contributed by atoms with van der Waals surface area (Å²) in [6.45, 7) is 2.25. The van der Waals surface area contributed by atoms with Gasteiger partial charge in [0.2, 0.25) is 11.9 Å². The van der Waals surface area contributed by atoms with Gasteiger partial charge in [0.15, 0.2) is 0 Å². The number of nitrogens with one attached hydrogen (secondary N) is 1. The highest BCUT2D eigenvalue weighted by atomic mass is 32.1. The zero-order chi connectivity index (χ0) is 25.6. The Kier molecular flexibility index (Phi) is 7.23. The molecule has 2 amide bonds. The first-order valence-electron chi connectivity index (χ1n) is 12.0. The number of carbonyl (C=O) groups is 2. The van der Waals surface area contributed by atoms with Crippen LogP contribution in [-0.4, -0.2) is 32.8 Å². The Morgan fingerprint density at radius 1 is 0.892 bits per heavy atom. The van der Waals surface area contributed by atoms with E-state index in [1.54, 1.807) is 11.0 Å². The minimum Gasteiger partial charge on any atom is -0.324 e. The molecule has 0 unspecified atom stereocenters. The fourth-order valence-electron chi connectivity index (χ4n) is 4.02. The molecule has 2 aromatic heterocycles. The average molecular weight is 507 g/mol. The van der Waals surface area contributed by atoms with Crippen LogP contribution < -0.4 is 5.32 Å². The molecule has 3 aromatic carbocycles. The quantitative estimate of drug-likeness (QED) is 0.273. The first-order valence-corrected chi connectivity index (χ1v) is 12.8. The van der Waals surface area contributed by atoms with Gasteiger partial charge in [-0.3, -0.25) is 19.5 Å². The molecule has 37 heavy (non-hydrogen) atoms. The lowest BCUT2D eigenvalue weighted by molar-refractivity contribution is -0.117. The van der Waals surface area contributed by atoms with E-state index in [0.29, 0.717) is 17.4 Å². The summed E-state index contributed by atoms with van der Waals surface area (Å²) in [4.78, 5) is 33.5.